The molecule has 0 radical (unpaired) electrons. The maximum atomic E-state index is 12.7. The Morgan fingerprint density at radius 3 is 1.54 bits per heavy atom. The average Bonchev–Trinajstić information content (AvgIpc) is 3.20. The van der Waals surface area contributed by atoms with Gasteiger partial charge in [-0.3, -0.25) is 18.6 Å². The Labute approximate surface area is 370 Å². The topological polar surface area (TPSA) is 129 Å². The molecule has 0 amide bonds. The molecule has 0 heterocycles. The van der Waals surface area contributed by atoms with Crippen LogP contribution in [0.3, 0.4) is 0 Å². The van der Waals surface area contributed by atoms with Crippen molar-refractivity contribution in [2.45, 2.75) is 148 Å². The number of unbranched alkanes of at least 4 members (excludes halogenated alkanes) is 4. The van der Waals surface area contributed by atoms with Gasteiger partial charge in [0.05, 0.1) is 33.9 Å². The van der Waals surface area contributed by atoms with E-state index in [2.05, 4.69) is 98.9 Å². The Balaban J connectivity index is 4.60. The van der Waals surface area contributed by atoms with Crippen molar-refractivity contribution >= 4 is 19.8 Å². The van der Waals surface area contributed by atoms with Crippen molar-refractivity contribution < 1.29 is 47.2 Å². The Morgan fingerprint density at radius 1 is 0.574 bits per heavy atom. The number of phosphoric ester groups is 1. The average molecular weight is 873 g/mol. The fraction of sp³-hybridized carbons (Fsp3) is 0.600. The van der Waals surface area contributed by atoms with Gasteiger partial charge in [-0.05, 0) is 89.9 Å². The first-order chi connectivity index (χ1) is 29.4. The largest absolute Gasteiger partial charge is 0.472 e. The van der Waals surface area contributed by atoms with E-state index in [1.165, 1.54) is 25.7 Å². The Morgan fingerprint density at radius 2 is 1.05 bits per heavy atom. The molecule has 0 saturated heterocycles. The molecule has 0 saturated carbocycles. The molecule has 0 aliphatic rings. The highest BCUT2D eigenvalue weighted by atomic mass is 31.2. The summed E-state index contributed by atoms with van der Waals surface area (Å²) in [6.07, 6.45) is 52.2. The lowest BCUT2D eigenvalue weighted by Gasteiger charge is -2.24. The molecule has 0 rings (SSSR count). The van der Waals surface area contributed by atoms with E-state index in [4.69, 9.17) is 18.5 Å². The molecule has 0 aromatic carbocycles. The standard InChI is InChI=1S/C50H82NO9P/c1-6-8-9-10-11-12-13-14-15-16-17-18-19-22-26-29-32-35-38-42-50(54)60-48(46-59-61(55,56)58-44-43-51(3,4)5)45-57-49(53)41-37-34-31-28-25-23-20-21-24-27-30-33-36-40-47(52)39-7-2/h11-12,14-15,17-18,20,22-24,26-28,31-33,35-36,47-48,52H,6-10,13,16,19,21,25,29-30,34,37-46H2,1-5H3/p+1/b12-11-,15-14-,18-17-,23-20-,26-22-,27-24-,31-28-,35-32-,36-33-/t47?,48-/m1/s1. The number of aliphatic hydroxyl groups is 1. The van der Waals surface area contributed by atoms with E-state index in [0.717, 1.165) is 57.8 Å². The third kappa shape index (κ3) is 44.5. The van der Waals surface area contributed by atoms with E-state index >= 15 is 0 Å². The third-order valence-electron chi connectivity index (χ3n) is 8.84. The van der Waals surface area contributed by atoms with Crippen molar-refractivity contribution in [2.24, 2.45) is 0 Å². The van der Waals surface area contributed by atoms with Crippen molar-refractivity contribution in [2.75, 3.05) is 47.5 Å². The normalized spacial score (nSPS) is 15.1. The number of quaternary nitrogens is 1. The third-order valence-corrected chi connectivity index (χ3v) is 9.83. The number of likely N-dealkylation sites (N-methyl/N-ethyl adjacent to an activating group) is 1. The van der Waals surface area contributed by atoms with E-state index in [-0.39, 0.29) is 32.2 Å². The number of phosphoric acid groups is 1. The molecule has 0 spiro atoms. The minimum absolute atomic E-state index is 0.00287. The number of allylic oxidation sites excluding steroid dienone is 17. The minimum atomic E-state index is -4.42. The van der Waals surface area contributed by atoms with E-state index in [1.54, 1.807) is 0 Å². The zero-order valence-electron chi connectivity index (χ0n) is 38.5. The number of carbonyl (C=O) groups is 2. The molecule has 346 valence electrons. The minimum Gasteiger partial charge on any atom is -0.462 e. The van der Waals surface area contributed by atoms with Crippen molar-refractivity contribution in [3.05, 3.63) is 109 Å². The molecule has 10 nitrogen and oxygen atoms in total. The number of carbonyl (C=O) groups excluding carboxylic acids is 2. The highest BCUT2D eigenvalue weighted by molar-refractivity contribution is 7.47. The lowest BCUT2D eigenvalue weighted by Crippen LogP contribution is -2.37. The molecule has 11 heteroatoms. The van der Waals surface area contributed by atoms with Crippen molar-refractivity contribution in [3.8, 4) is 0 Å². The van der Waals surface area contributed by atoms with Crippen molar-refractivity contribution in [1.29, 1.82) is 0 Å². The quantitative estimate of drug-likeness (QED) is 0.0204. The van der Waals surface area contributed by atoms with Crippen molar-refractivity contribution in [3.63, 3.8) is 0 Å². The fourth-order valence-corrected chi connectivity index (χ4v) is 6.04. The number of esters is 2. The molecule has 0 aliphatic carbocycles. The summed E-state index contributed by atoms with van der Waals surface area (Å²) in [5.74, 6) is -0.993. The molecule has 0 aliphatic heterocycles. The lowest BCUT2D eigenvalue weighted by atomic mass is 10.1. The van der Waals surface area contributed by atoms with Gasteiger partial charge >= 0.3 is 19.8 Å². The first-order valence-corrected chi connectivity index (χ1v) is 24.2. The van der Waals surface area contributed by atoms with Gasteiger partial charge in [-0.15, -0.1) is 0 Å². The number of rotatable bonds is 39. The summed E-state index contributed by atoms with van der Waals surface area (Å²) >= 11 is 0. The fourth-order valence-electron chi connectivity index (χ4n) is 5.30. The van der Waals surface area contributed by atoms with Crippen LogP contribution in [0.4, 0.5) is 0 Å². The van der Waals surface area contributed by atoms with Crippen LogP contribution in [0.1, 0.15) is 136 Å². The van der Waals surface area contributed by atoms with Gasteiger partial charge < -0.3 is 24.0 Å². The van der Waals surface area contributed by atoms with Gasteiger partial charge in [0.25, 0.3) is 0 Å². The van der Waals surface area contributed by atoms with E-state index in [9.17, 15) is 24.2 Å². The lowest BCUT2D eigenvalue weighted by molar-refractivity contribution is -0.870. The molecule has 0 fully saturated rings. The van der Waals surface area contributed by atoms with E-state index in [0.29, 0.717) is 36.7 Å². The second-order valence-electron chi connectivity index (χ2n) is 15.9. The maximum Gasteiger partial charge on any atom is 0.472 e. The van der Waals surface area contributed by atoms with Crippen LogP contribution in [-0.2, 0) is 32.7 Å². The SMILES string of the molecule is CCCCC/C=C\C/C=C\C/C=C\C/C=C\C/C=C\CCC(=O)O[C@H](COC(=O)CCC/C=C\C/C=C\C/C=C\C/C=C\CC(O)CCC)COP(=O)(O)OCC[N+](C)(C)C. The second-order valence-corrected chi connectivity index (χ2v) is 17.4. The van der Waals surface area contributed by atoms with Gasteiger partial charge in [0.15, 0.2) is 6.10 Å². The summed E-state index contributed by atoms with van der Waals surface area (Å²) in [5.41, 5.74) is 0. The van der Waals surface area contributed by atoms with Gasteiger partial charge in [-0.25, -0.2) is 4.57 Å². The zero-order valence-corrected chi connectivity index (χ0v) is 39.4. The van der Waals surface area contributed by atoms with Gasteiger partial charge in [0, 0.05) is 12.8 Å². The molecule has 0 aromatic heterocycles. The van der Waals surface area contributed by atoms with Gasteiger partial charge in [0.1, 0.15) is 19.8 Å². The first kappa shape index (κ1) is 57.6. The van der Waals surface area contributed by atoms with Gasteiger partial charge in [-0.2, -0.15) is 0 Å². The van der Waals surface area contributed by atoms with Crippen LogP contribution in [0.2, 0.25) is 0 Å². The van der Waals surface area contributed by atoms with Crippen LogP contribution >= 0.6 is 7.82 Å². The van der Waals surface area contributed by atoms with Gasteiger partial charge in [0.2, 0.25) is 0 Å². The molecule has 0 bridgehead atoms. The number of nitrogens with zero attached hydrogens (tertiary/aromatic N) is 1. The molecular formula is C50H83NO9P+. The predicted molar refractivity (Wildman–Crippen MR) is 253 cm³/mol. The molecule has 2 N–H and O–H groups in total. The number of aliphatic hydroxyl groups excluding tert-OH is 1. The van der Waals surface area contributed by atoms with Crippen molar-refractivity contribution in [1.82, 2.24) is 0 Å². The van der Waals surface area contributed by atoms with Gasteiger partial charge in [-0.1, -0.05) is 142 Å². The summed E-state index contributed by atoms with van der Waals surface area (Å²) in [6, 6.07) is 0. The number of ether oxygens (including phenoxy) is 2. The Bertz CT molecular complexity index is 1420. The molecule has 2 unspecified atom stereocenters. The van der Waals surface area contributed by atoms with Crippen LogP contribution in [0, 0.1) is 0 Å². The molecular weight excluding hydrogens is 790 g/mol. The van der Waals surface area contributed by atoms with E-state index < -0.39 is 32.5 Å². The smallest absolute Gasteiger partial charge is 0.462 e. The second kappa shape index (κ2) is 40.7. The summed E-state index contributed by atoms with van der Waals surface area (Å²) in [7, 11) is 1.36. The summed E-state index contributed by atoms with van der Waals surface area (Å²) in [5, 5.41) is 9.74. The molecule has 0 aromatic rings. The van der Waals surface area contributed by atoms with Crippen LogP contribution in [-0.4, -0.2) is 86.1 Å². The van der Waals surface area contributed by atoms with Crippen LogP contribution in [0.15, 0.2) is 109 Å². The highest BCUT2D eigenvalue weighted by Crippen LogP contribution is 2.43. The summed E-state index contributed by atoms with van der Waals surface area (Å²) in [6.45, 7) is 4.00. The Hall–Kier alpha value is -3.37. The maximum absolute atomic E-state index is 12.7. The van der Waals surface area contributed by atoms with Crippen LogP contribution in [0.25, 0.3) is 0 Å². The number of hydrogen-bond donors (Lipinski definition) is 2. The summed E-state index contributed by atoms with van der Waals surface area (Å²) < 4.78 is 34.1. The first-order valence-electron chi connectivity index (χ1n) is 22.7. The monoisotopic (exact) mass is 873 g/mol. The van der Waals surface area contributed by atoms with Crippen LogP contribution in [0.5, 0.6) is 0 Å². The van der Waals surface area contributed by atoms with Crippen LogP contribution < -0.4 is 0 Å². The molecule has 3 atom stereocenters. The zero-order chi connectivity index (χ0) is 45.1. The molecule has 61 heavy (non-hydrogen) atoms. The Kier molecular flexibility index (Phi) is 38.4. The summed E-state index contributed by atoms with van der Waals surface area (Å²) in [4.78, 5) is 35.3. The number of hydrogen-bond acceptors (Lipinski definition) is 8. The highest BCUT2D eigenvalue weighted by Gasteiger charge is 2.27. The van der Waals surface area contributed by atoms with E-state index in [1.807, 2.05) is 45.4 Å². The predicted octanol–water partition coefficient (Wildman–Crippen LogP) is 12.1.